The zero-order chi connectivity index (χ0) is 10.4. The monoisotopic (exact) mass is 198 g/mol. The number of carboxylic acids is 1. The van der Waals surface area contributed by atoms with Gasteiger partial charge in [0.05, 0.1) is 5.92 Å². The molecule has 3 atom stereocenters. The molecule has 1 rings (SSSR count). The van der Waals surface area contributed by atoms with Crippen LogP contribution in [0.3, 0.4) is 0 Å². The molecular formula is C7H6F4O2. The zero-order valence-electron chi connectivity index (χ0n) is 6.31. The van der Waals surface area contributed by atoms with E-state index in [1.807, 2.05) is 0 Å². The molecule has 1 N–H and O–H groups in total. The van der Waals surface area contributed by atoms with Crippen LogP contribution in [-0.4, -0.2) is 29.3 Å². The molecule has 13 heavy (non-hydrogen) atoms. The van der Waals surface area contributed by atoms with Gasteiger partial charge in [-0.15, -0.1) is 0 Å². The van der Waals surface area contributed by atoms with Crippen molar-refractivity contribution in [3.63, 3.8) is 0 Å². The Kier molecular flexibility index (Phi) is 2.09. The van der Waals surface area contributed by atoms with Crippen molar-refractivity contribution < 1.29 is 27.5 Å². The second kappa shape index (κ2) is 2.71. The first-order chi connectivity index (χ1) is 5.80. The minimum Gasteiger partial charge on any atom is -0.478 e. The van der Waals surface area contributed by atoms with E-state index in [1.54, 1.807) is 0 Å². The van der Waals surface area contributed by atoms with Gasteiger partial charge in [-0.3, -0.25) is 0 Å². The van der Waals surface area contributed by atoms with Crippen molar-refractivity contribution in [1.82, 2.24) is 0 Å². The third-order valence-corrected chi connectivity index (χ3v) is 2.03. The lowest BCUT2D eigenvalue weighted by Gasteiger charge is -2.42. The van der Waals surface area contributed by atoms with Gasteiger partial charge < -0.3 is 5.11 Å². The van der Waals surface area contributed by atoms with E-state index in [2.05, 4.69) is 6.58 Å². The first kappa shape index (κ1) is 10.0. The average molecular weight is 198 g/mol. The largest absolute Gasteiger partial charge is 0.478 e. The summed E-state index contributed by atoms with van der Waals surface area (Å²) in [5, 5.41) is 8.23. The molecule has 0 radical (unpaired) electrons. The Morgan fingerprint density at radius 3 is 2.15 bits per heavy atom. The van der Waals surface area contributed by atoms with Gasteiger partial charge in [0.15, 0.2) is 12.3 Å². The van der Waals surface area contributed by atoms with E-state index in [9.17, 15) is 22.4 Å². The molecule has 1 saturated carbocycles. The summed E-state index contributed by atoms with van der Waals surface area (Å²) >= 11 is 0. The standard InChI is InChI=1S/C7H6F4O2/c1-2(6(12)13)3-4(8)5(9)7(3,10)11/h3-5H,1H2,(H,12,13). The molecule has 0 saturated heterocycles. The van der Waals surface area contributed by atoms with Crippen LogP contribution >= 0.6 is 0 Å². The maximum absolute atomic E-state index is 12.5. The molecule has 1 aliphatic carbocycles. The lowest BCUT2D eigenvalue weighted by Crippen LogP contribution is -2.62. The lowest BCUT2D eigenvalue weighted by molar-refractivity contribution is -0.226. The average Bonchev–Trinajstić information content (AvgIpc) is 2.03. The van der Waals surface area contributed by atoms with Crippen molar-refractivity contribution in [2.45, 2.75) is 18.3 Å². The molecule has 0 spiro atoms. The van der Waals surface area contributed by atoms with Crippen LogP contribution in [0.1, 0.15) is 0 Å². The predicted octanol–water partition coefficient (Wildman–Crippen LogP) is 1.57. The Balaban J connectivity index is 2.84. The number of alkyl halides is 4. The van der Waals surface area contributed by atoms with E-state index in [1.165, 1.54) is 0 Å². The quantitative estimate of drug-likeness (QED) is 0.540. The fourth-order valence-electron chi connectivity index (χ4n) is 1.20. The van der Waals surface area contributed by atoms with Crippen LogP contribution in [0.2, 0.25) is 0 Å². The van der Waals surface area contributed by atoms with Crippen molar-refractivity contribution in [1.29, 1.82) is 0 Å². The summed E-state index contributed by atoms with van der Waals surface area (Å²) in [6.45, 7) is 2.77. The van der Waals surface area contributed by atoms with Crippen LogP contribution in [0.25, 0.3) is 0 Å². The molecule has 0 aliphatic heterocycles. The third kappa shape index (κ3) is 1.20. The molecule has 0 aromatic rings. The smallest absolute Gasteiger partial charge is 0.331 e. The van der Waals surface area contributed by atoms with Crippen LogP contribution in [0.15, 0.2) is 12.2 Å². The first-order valence-corrected chi connectivity index (χ1v) is 3.38. The molecule has 0 heterocycles. The Labute approximate surface area is 70.9 Å². The highest BCUT2D eigenvalue weighted by atomic mass is 19.3. The molecule has 0 amide bonds. The molecule has 0 bridgehead atoms. The summed E-state index contributed by atoms with van der Waals surface area (Å²) in [7, 11) is 0. The van der Waals surface area contributed by atoms with Crippen LogP contribution in [0, 0.1) is 5.92 Å². The lowest BCUT2D eigenvalue weighted by atomic mass is 9.72. The van der Waals surface area contributed by atoms with Crippen LogP contribution in [0.4, 0.5) is 17.6 Å². The van der Waals surface area contributed by atoms with Crippen molar-refractivity contribution >= 4 is 5.97 Å². The fourth-order valence-corrected chi connectivity index (χ4v) is 1.20. The highest BCUT2D eigenvalue weighted by Crippen LogP contribution is 2.50. The Morgan fingerprint density at radius 2 is 1.85 bits per heavy atom. The molecule has 0 aromatic carbocycles. The van der Waals surface area contributed by atoms with E-state index in [0.717, 1.165) is 0 Å². The molecule has 74 valence electrons. The highest BCUT2D eigenvalue weighted by molar-refractivity contribution is 5.87. The Hall–Kier alpha value is -1.07. The van der Waals surface area contributed by atoms with Gasteiger partial charge in [0.25, 0.3) is 5.92 Å². The van der Waals surface area contributed by atoms with Gasteiger partial charge in [0.1, 0.15) is 0 Å². The zero-order valence-corrected chi connectivity index (χ0v) is 6.31. The topological polar surface area (TPSA) is 37.3 Å². The van der Waals surface area contributed by atoms with E-state index in [0.29, 0.717) is 0 Å². The second-order valence-corrected chi connectivity index (χ2v) is 2.83. The van der Waals surface area contributed by atoms with Gasteiger partial charge in [0.2, 0.25) is 0 Å². The minimum atomic E-state index is -3.95. The number of hydrogen-bond donors (Lipinski definition) is 1. The van der Waals surface area contributed by atoms with E-state index >= 15 is 0 Å². The molecule has 3 unspecified atom stereocenters. The number of carboxylic acid groups (broad SMARTS) is 1. The van der Waals surface area contributed by atoms with Crippen molar-refractivity contribution in [3.8, 4) is 0 Å². The number of hydrogen-bond acceptors (Lipinski definition) is 1. The fraction of sp³-hybridized carbons (Fsp3) is 0.571. The molecular weight excluding hydrogens is 192 g/mol. The summed E-state index contributed by atoms with van der Waals surface area (Å²) in [5.41, 5.74) is -0.994. The van der Waals surface area contributed by atoms with Crippen molar-refractivity contribution in [2.24, 2.45) is 5.92 Å². The third-order valence-electron chi connectivity index (χ3n) is 2.03. The maximum Gasteiger partial charge on any atom is 0.331 e. The maximum atomic E-state index is 12.5. The number of halogens is 4. The summed E-state index contributed by atoms with van der Waals surface area (Å²) in [5.74, 6) is -7.92. The molecule has 6 heteroatoms. The van der Waals surface area contributed by atoms with Crippen LogP contribution in [0.5, 0.6) is 0 Å². The summed E-state index contributed by atoms with van der Waals surface area (Å²) in [6.07, 6.45) is -5.40. The molecule has 1 aliphatic rings. The second-order valence-electron chi connectivity index (χ2n) is 2.83. The summed E-state index contributed by atoms with van der Waals surface area (Å²) in [4.78, 5) is 10.2. The summed E-state index contributed by atoms with van der Waals surface area (Å²) < 4.78 is 49.7. The van der Waals surface area contributed by atoms with Gasteiger partial charge in [-0.1, -0.05) is 6.58 Å². The Morgan fingerprint density at radius 1 is 1.38 bits per heavy atom. The van der Waals surface area contributed by atoms with Gasteiger partial charge in [-0.2, -0.15) is 0 Å². The van der Waals surface area contributed by atoms with Gasteiger partial charge >= 0.3 is 5.97 Å². The van der Waals surface area contributed by atoms with E-state index < -0.39 is 35.7 Å². The predicted molar refractivity (Wildman–Crippen MR) is 35.0 cm³/mol. The van der Waals surface area contributed by atoms with Crippen molar-refractivity contribution in [3.05, 3.63) is 12.2 Å². The minimum absolute atomic E-state index is 0.994. The molecule has 2 nitrogen and oxygen atoms in total. The number of rotatable bonds is 2. The van der Waals surface area contributed by atoms with Gasteiger partial charge in [0, 0.05) is 5.57 Å². The highest BCUT2D eigenvalue weighted by Gasteiger charge is 2.68. The van der Waals surface area contributed by atoms with E-state index in [4.69, 9.17) is 5.11 Å². The van der Waals surface area contributed by atoms with Crippen molar-refractivity contribution in [2.75, 3.05) is 0 Å². The van der Waals surface area contributed by atoms with Crippen LogP contribution < -0.4 is 0 Å². The molecule has 1 fully saturated rings. The van der Waals surface area contributed by atoms with E-state index in [-0.39, 0.29) is 0 Å². The number of carbonyl (C=O) groups is 1. The normalized spacial score (nSPS) is 36.5. The van der Waals surface area contributed by atoms with Crippen LogP contribution in [-0.2, 0) is 4.79 Å². The first-order valence-electron chi connectivity index (χ1n) is 3.38. The molecule has 0 aromatic heterocycles. The van der Waals surface area contributed by atoms with Gasteiger partial charge in [-0.25, -0.2) is 22.4 Å². The number of aliphatic carboxylic acids is 1. The van der Waals surface area contributed by atoms with Gasteiger partial charge in [-0.05, 0) is 0 Å². The summed E-state index contributed by atoms with van der Waals surface area (Å²) in [6, 6.07) is 0. The Bertz CT molecular complexity index is 263. The SMILES string of the molecule is C=C(C(=O)O)C1C(F)C(F)C1(F)F.